The monoisotopic (exact) mass is 222 g/mol. The summed E-state index contributed by atoms with van der Waals surface area (Å²) in [5.74, 6) is 0. The van der Waals surface area contributed by atoms with Gasteiger partial charge in [0.25, 0.3) is 0 Å². The van der Waals surface area contributed by atoms with Crippen LogP contribution in [0.2, 0.25) is 0 Å². The third-order valence-electron chi connectivity index (χ3n) is 2.49. The van der Waals surface area contributed by atoms with E-state index in [-0.39, 0.29) is 0 Å². The Balaban J connectivity index is 1.92. The minimum absolute atomic E-state index is 0.901. The molecule has 0 fully saturated rings. The zero-order valence-corrected chi connectivity index (χ0v) is 9.04. The van der Waals surface area contributed by atoms with E-state index >= 15 is 0 Å². The molecule has 0 aliphatic carbocycles. The van der Waals surface area contributed by atoms with Gasteiger partial charge < -0.3 is 0 Å². The van der Waals surface area contributed by atoms with Crippen LogP contribution in [0.1, 0.15) is 5.56 Å². The largest absolute Gasteiger partial charge is 0.278 e. The number of hydrogen-bond donors (Lipinski definition) is 1. The second-order valence-corrected chi connectivity index (χ2v) is 3.68. The number of aromatic amines is 1. The van der Waals surface area contributed by atoms with E-state index in [0.717, 1.165) is 22.2 Å². The quantitative estimate of drug-likeness (QED) is 0.678. The number of nitrogens with zero attached hydrogens (tertiary/aromatic N) is 3. The summed E-state index contributed by atoms with van der Waals surface area (Å²) in [5.41, 5.74) is 2.93. The van der Waals surface area contributed by atoms with Crippen LogP contribution in [0.25, 0.3) is 10.9 Å². The van der Waals surface area contributed by atoms with Gasteiger partial charge in [-0.25, -0.2) is 0 Å². The van der Waals surface area contributed by atoms with E-state index in [1.54, 1.807) is 18.6 Å². The SMILES string of the molecule is C(=Nc1ccc2cn[nH]c2c1)c1ccncc1. The molecule has 0 aliphatic heterocycles. The molecular formula is C13H10N4. The lowest BCUT2D eigenvalue weighted by Gasteiger charge is -1.94. The fourth-order valence-electron chi connectivity index (χ4n) is 1.60. The normalized spacial score (nSPS) is 11.3. The summed E-state index contributed by atoms with van der Waals surface area (Å²) in [6, 6.07) is 9.77. The Bertz CT molecular complexity index is 655. The van der Waals surface area contributed by atoms with E-state index in [1.165, 1.54) is 0 Å². The zero-order chi connectivity index (χ0) is 11.5. The molecule has 2 heterocycles. The highest BCUT2D eigenvalue weighted by molar-refractivity contribution is 5.85. The standard InChI is InChI=1S/C13H10N4/c1-2-12(7-13-11(1)9-16-17-13)15-8-10-3-5-14-6-4-10/h1-9H,(H,16,17). The first kappa shape index (κ1) is 9.72. The van der Waals surface area contributed by atoms with E-state index in [1.807, 2.05) is 36.5 Å². The van der Waals surface area contributed by atoms with Crippen molar-refractivity contribution in [2.24, 2.45) is 4.99 Å². The topological polar surface area (TPSA) is 53.9 Å². The maximum Gasteiger partial charge on any atom is 0.0671 e. The van der Waals surface area contributed by atoms with Gasteiger partial charge in [0.15, 0.2) is 0 Å². The summed E-state index contributed by atoms with van der Waals surface area (Å²) in [4.78, 5) is 8.37. The van der Waals surface area contributed by atoms with Gasteiger partial charge >= 0.3 is 0 Å². The van der Waals surface area contributed by atoms with Gasteiger partial charge in [-0.1, -0.05) is 0 Å². The van der Waals surface area contributed by atoms with Crippen LogP contribution in [0.5, 0.6) is 0 Å². The molecule has 2 aromatic heterocycles. The van der Waals surface area contributed by atoms with Gasteiger partial charge in [0.1, 0.15) is 0 Å². The van der Waals surface area contributed by atoms with Crippen molar-refractivity contribution in [1.29, 1.82) is 0 Å². The minimum atomic E-state index is 0.901. The van der Waals surface area contributed by atoms with Gasteiger partial charge in [-0.3, -0.25) is 15.1 Å². The van der Waals surface area contributed by atoms with E-state index in [0.29, 0.717) is 0 Å². The highest BCUT2D eigenvalue weighted by atomic mass is 15.1. The number of aliphatic imine (C=N–C) groups is 1. The lowest BCUT2D eigenvalue weighted by Crippen LogP contribution is -1.80. The molecule has 82 valence electrons. The number of aromatic nitrogens is 3. The molecule has 17 heavy (non-hydrogen) atoms. The van der Waals surface area contributed by atoms with Crippen LogP contribution in [-0.4, -0.2) is 21.4 Å². The van der Waals surface area contributed by atoms with Crippen molar-refractivity contribution in [2.75, 3.05) is 0 Å². The Morgan fingerprint density at radius 3 is 2.88 bits per heavy atom. The van der Waals surface area contributed by atoms with Crippen LogP contribution in [0.15, 0.2) is 53.9 Å². The first-order valence-corrected chi connectivity index (χ1v) is 5.29. The average Bonchev–Trinajstić information content (AvgIpc) is 2.85. The lowest BCUT2D eigenvalue weighted by molar-refractivity contribution is 1.12. The van der Waals surface area contributed by atoms with Crippen LogP contribution in [0, 0.1) is 0 Å². The third-order valence-corrected chi connectivity index (χ3v) is 2.49. The number of benzene rings is 1. The maximum atomic E-state index is 4.41. The second kappa shape index (κ2) is 4.17. The van der Waals surface area contributed by atoms with E-state index < -0.39 is 0 Å². The number of pyridine rings is 1. The molecule has 0 unspecified atom stereocenters. The smallest absolute Gasteiger partial charge is 0.0671 e. The van der Waals surface area contributed by atoms with Crippen molar-refractivity contribution in [3.05, 3.63) is 54.5 Å². The van der Waals surface area contributed by atoms with Gasteiger partial charge in [0.05, 0.1) is 17.4 Å². The van der Waals surface area contributed by atoms with E-state index in [2.05, 4.69) is 20.2 Å². The van der Waals surface area contributed by atoms with Gasteiger partial charge in [-0.2, -0.15) is 5.10 Å². The predicted molar refractivity (Wildman–Crippen MR) is 67.6 cm³/mol. The molecule has 3 rings (SSSR count). The van der Waals surface area contributed by atoms with Crippen LogP contribution in [-0.2, 0) is 0 Å². The van der Waals surface area contributed by atoms with Crippen LogP contribution in [0.3, 0.4) is 0 Å². The number of rotatable bonds is 2. The minimum Gasteiger partial charge on any atom is -0.278 e. The highest BCUT2D eigenvalue weighted by Crippen LogP contribution is 2.18. The Morgan fingerprint density at radius 1 is 1.12 bits per heavy atom. The number of fused-ring (bicyclic) bond motifs is 1. The summed E-state index contributed by atoms with van der Waals surface area (Å²) in [6.45, 7) is 0. The molecule has 0 spiro atoms. The highest BCUT2D eigenvalue weighted by Gasteiger charge is 1.95. The molecule has 4 nitrogen and oxygen atoms in total. The molecule has 0 amide bonds. The summed E-state index contributed by atoms with van der Waals surface area (Å²) < 4.78 is 0. The second-order valence-electron chi connectivity index (χ2n) is 3.68. The fourth-order valence-corrected chi connectivity index (χ4v) is 1.60. The van der Waals surface area contributed by atoms with Crippen molar-refractivity contribution in [3.8, 4) is 0 Å². The van der Waals surface area contributed by atoms with Gasteiger partial charge in [-0.05, 0) is 35.9 Å². The van der Waals surface area contributed by atoms with Crippen molar-refractivity contribution in [1.82, 2.24) is 15.2 Å². The number of nitrogens with one attached hydrogen (secondary N) is 1. The van der Waals surface area contributed by atoms with Crippen molar-refractivity contribution in [2.45, 2.75) is 0 Å². The van der Waals surface area contributed by atoms with Gasteiger partial charge in [0.2, 0.25) is 0 Å². The molecule has 0 atom stereocenters. The summed E-state index contributed by atoms with van der Waals surface area (Å²) >= 11 is 0. The molecule has 3 aromatic rings. The van der Waals surface area contributed by atoms with Crippen molar-refractivity contribution >= 4 is 22.8 Å². The average molecular weight is 222 g/mol. The van der Waals surface area contributed by atoms with Crippen LogP contribution in [0.4, 0.5) is 5.69 Å². The molecule has 0 saturated carbocycles. The van der Waals surface area contributed by atoms with E-state index in [4.69, 9.17) is 0 Å². The Labute approximate surface area is 98.0 Å². The maximum absolute atomic E-state index is 4.41. The Morgan fingerprint density at radius 2 is 2.00 bits per heavy atom. The summed E-state index contributed by atoms with van der Waals surface area (Å²) in [6.07, 6.45) is 7.11. The van der Waals surface area contributed by atoms with Crippen molar-refractivity contribution < 1.29 is 0 Å². The molecule has 1 N–H and O–H groups in total. The molecular weight excluding hydrogens is 212 g/mol. The molecule has 0 bridgehead atoms. The summed E-state index contributed by atoms with van der Waals surface area (Å²) in [7, 11) is 0. The molecule has 4 heteroatoms. The first-order chi connectivity index (χ1) is 8.42. The Hall–Kier alpha value is -2.49. The summed E-state index contributed by atoms with van der Waals surface area (Å²) in [5, 5.41) is 7.99. The zero-order valence-electron chi connectivity index (χ0n) is 9.04. The number of H-pyrrole nitrogens is 1. The van der Waals surface area contributed by atoms with Crippen LogP contribution >= 0.6 is 0 Å². The molecule has 1 aromatic carbocycles. The molecule has 0 aliphatic rings. The first-order valence-electron chi connectivity index (χ1n) is 5.29. The van der Waals surface area contributed by atoms with Gasteiger partial charge in [-0.15, -0.1) is 0 Å². The fraction of sp³-hybridized carbons (Fsp3) is 0. The molecule has 0 radical (unpaired) electrons. The Kier molecular flexibility index (Phi) is 2.38. The van der Waals surface area contributed by atoms with E-state index in [9.17, 15) is 0 Å². The number of hydrogen-bond acceptors (Lipinski definition) is 3. The van der Waals surface area contributed by atoms with Gasteiger partial charge in [0, 0.05) is 24.0 Å². The molecule has 0 saturated heterocycles. The lowest BCUT2D eigenvalue weighted by atomic mass is 10.2. The predicted octanol–water partition coefficient (Wildman–Crippen LogP) is 2.71. The van der Waals surface area contributed by atoms with Crippen LogP contribution < -0.4 is 0 Å². The third kappa shape index (κ3) is 2.06. The van der Waals surface area contributed by atoms with Crippen molar-refractivity contribution in [3.63, 3.8) is 0 Å².